The van der Waals surface area contributed by atoms with Crippen molar-refractivity contribution in [2.45, 2.75) is 25.4 Å². The zero-order chi connectivity index (χ0) is 12.3. The first-order valence-corrected chi connectivity index (χ1v) is 6.03. The lowest BCUT2D eigenvalue weighted by Crippen LogP contribution is -2.11. The number of hydrogen-bond acceptors (Lipinski definition) is 3. The van der Waals surface area contributed by atoms with Crippen LogP contribution in [0, 0.1) is 5.82 Å². The van der Waals surface area contributed by atoms with Crippen LogP contribution in [0.3, 0.4) is 0 Å². The number of benzene rings is 1. The average molecular weight is 260 g/mol. The smallest absolute Gasteiger partial charge is 0.177 e. The van der Waals surface area contributed by atoms with Crippen molar-refractivity contribution >= 4 is 17.3 Å². The fraction of sp³-hybridized carbons (Fsp3) is 0.500. The van der Waals surface area contributed by atoms with Crippen LogP contribution in [0.15, 0.2) is 12.1 Å². The number of ether oxygens (including phenoxy) is 2. The monoisotopic (exact) mass is 259 g/mol. The summed E-state index contributed by atoms with van der Waals surface area (Å²) in [7, 11) is 0. The average Bonchev–Trinajstić information content (AvgIpc) is 2.74. The minimum absolute atomic E-state index is 0.0763. The van der Waals surface area contributed by atoms with Gasteiger partial charge in [-0.25, -0.2) is 4.39 Å². The van der Waals surface area contributed by atoms with Gasteiger partial charge in [0, 0.05) is 18.1 Å². The molecule has 0 radical (unpaired) electrons. The quantitative estimate of drug-likeness (QED) is 0.846. The molecule has 1 aliphatic heterocycles. The lowest BCUT2D eigenvalue weighted by Gasteiger charge is -2.12. The second kappa shape index (κ2) is 5.56. The van der Waals surface area contributed by atoms with Crippen molar-refractivity contribution in [3.63, 3.8) is 0 Å². The predicted octanol–water partition coefficient (Wildman–Crippen LogP) is 3.01. The molecule has 1 aliphatic rings. The van der Waals surface area contributed by atoms with Gasteiger partial charge in [-0.15, -0.1) is 0 Å². The Morgan fingerprint density at radius 3 is 3.00 bits per heavy atom. The third-order valence-corrected chi connectivity index (χ3v) is 2.97. The molecule has 2 N–H and O–H groups in total. The van der Waals surface area contributed by atoms with E-state index in [1.807, 2.05) is 0 Å². The zero-order valence-electron chi connectivity index (χ0n) is 9.42. The molecule has 1 aromatic rings. The van der Waals surface area contributed by atoms with Crippen molar-refractivity contribution in [2.75, 3.05) is 18.9 Å². The van der Waals surface area contributed by atoms with Crippen LogP contribution in [0.1, 0.15) is 19.3 Å². The normalized spacial score (nSPS) is 19.5. The van der Waals surface area contributed by atoms with Gasteiger partial charge in [0.2, 0.25) is 0 Å². The summed E-state index contributed by atoms with van der Waals surface area (Å²) in [5, 5.41) is 0.270. The van der Waals surface area contributed by atoms with Crippen molar-refractivity contribution < 1.29 is 13.9 Å². The van der Waals surface area contributed by atoms with E-state index in [0.29, 0.717) is 6.61 Å². The summed E-state index contributed by atoms with van der Waals surface area (Å²) in [4.78, 5) is 0. The van der Waals surface area contributed by atoms with Gasteiger partial charge >= 0.3 is 0 Å². The molecule has 94 valence electrons. The Kier molecular flexibility index (Phi) is 4.07. The van der Waals surface area contributed by atoms with Gasteiger partial charge in [0.25, 0.3) is 0 Å². The summed E-state index contributed by atoms with van der Waals surface area (Å²) in [6.45, 7) is 1.20. The summed E-state index contributed by atoms with van der Waals surface area (Å²) in [5.41, 5.74) is 5.86. The lowest BCUT2D eigenvalue weighted by molar-refractivity contribution is 0.0898. The Morgan fingerprint density at radius 2 is 2.35 bits per heavy atom. The van der Waals surface area contributed by atoms with Gasteiger partial charge in [0.1, 0.15) is 0 Å². The second-order valence-corrected chi connectivity index (χ2v) is 4.51. The van der Waals surface area contributed by atoms with Gasteiger partial charge in [-0.1, -0.05) is 11.6 Å². The number of nitrogens with two attached hydrogens (primary N) is 1. The van der Waals surface area contributed by atoms with Gasteiger partial charge in [-0.3, -0.25) is 0 Å². The van der Waals surface area contributed by atoms with Crippen LogP contribution in [-0.4, -0.2) is 19.3 Å². The van der Waals surface area contributed by atoms with Crippen molar-refractivity contribution in [3.8, 4) is 5.75 Å². The minimum atomic E-state index is -0.526. The fourth-order valence-corrected chi connectivity index (χ4v) is 2.11. The first-order valence-electron chi connectivity index (χ1n) is 5.66. The van der Waals surface area contributed by atoms with E-state index in [-0.39, 0.29) is 22.6 Å². The fourth-order valence-electron chi connectivity index (χ4n) is 1.90. The number of nitrogen functional groups attached to an aromatic ring is 1. The van der Waals surface area contributed by atoms with E-state index in [9.17, 15) is 4.39 Å². The summed E-state index contributed by atoms with van der Waals surface area (Å²) in [6.07, 6.45) is 3.11. The van der Waals surface area contributed by atoms with Crippen LogP contribution in [0.25, 0.3) is 0 Å². The van der Waals surface area contributed by atoms with Crippen molar-refractivity contribution in [2.24, 2.45) is 0 Å². The van der Waals surface area contributed by atoms with Crippen LogP contribution in [-0.2, 0) is 4.74 Å². The molecule has 2 rings (SSSR count). The Balaban J connectivity index is 1.89. The summed E-state index contributed by atoms with van der Waals surface area (Å²) in [5.74, 6) is -0.449. The van der Waals surface area contributed by atoms with E-state index in [1.165, 1.54) is 12.1 Å². The molecule has 17 heavy (non-hydrogen) atoms. The molecule has 1 atom stereocenters. The highest BCUT2D eigenvalue weighted by Gasteiger charge is 2.16. The molecule has 5 heteroatoms. The Hall–Kier alpha value is -1.00. The number of halogens is 2. The van der Waals surface area contributed by atoms with E-state index in [1.54, 1.807) is 0 Å². The summed E-state index contributed by atoms with van der Waals surface area (Å²) in [6, 6.07) is 2.67. The van der Waals surface area contributed by atoms with Crippen LogP contribution in [0.5, 0.6) is 5.75 Å². The number of hydrogen-bond donors (Lipinski definition) is 1. The SMILES string of the molecule is Nc1cc(Cl)cc(F)c1OCCC1CCCO1. The first kappa shape index (κ1) is 12.5. The van der Waals surface area contributed by atoms with E-state index >= 15 is 0 Å². The Morgan fingerprint density at radius 1 is 1.53 bits per heavy atom. The number of anilines is 1. The van der Waals surface area contributed by atoms with Crippen molar-refractivity contribution in [1.82, 2.24) is 0 Å². The van der Waals surface area contributed by atoms with Crippen LogP contribution >= 0.6 is 11.6 Å². The van der Waals surface area contributed by atoms with Crippen molar-refractivity contribution in [3.05, 3.63) is 23.0 Å². The molecule has 0 saturated carbocycles. The molecule has 0 spiro atoms. The topological polar surface area (TPSA) is 44.5 Å². The Bertz CT molecular complexity index is 371. The molecule has 1 fully saturated rings. The van der Waals surface area contributed by atoms with Crippen LogP contribution in [0.2, 0.25) is 5.02 Å². The predicted molar refractivity (Wildman–Crippen MR) is 64.9 cm³/mol. The maximum Gasteiger partial charge on any atom is 0.177 e. The van der Waals surface area contributed by atoms with E-state index < -0.39 is 5.82 Å². The van der Waals surface area contributed by atoms with E-state index in [2.05, 4.69) is 0 Å². The maximum atomic E-state index is 13.5. The minimum Gasteiger partial charge on any atom is -0.488 e. The molecule has 0 bridgehead atoms. The third-order valence-electron chi connectivity index (χ3n) is 2.75. The first-order chi connectivity index (χ1) is 8.16. The highest BCUT2D eigenvalue weighted by molar-refractivity contribution is 6.30. The molecule has 0 aromatic heterocycles. The molecule has 0 aliphatic carbocycles. The van der Waals surface area contributed by atoms with Crippen LogP contribution < -0.4 is 10.5 Å². The zero-order valence-corrected chi connectivity index (χ0v) is 10.2. The molecule has 3 nitrogen and oxygen atoms in total. The van der Waals surface area contributed by atoms with E-state index in [4.69, 9.17) is 26.8 Å². The maximum absolute atomic E-state index is 13.5. The largest absolute Gasteiger partial charge is 0.488 e. The molecule has 1 unspecified atom stereocenters. The van der Waals surface area contributed by atoms with E-state index in [0.717, 1.165) is 25.9 Å². The molecule has 1 saturated heterocycles. The van der Waals surface area contributed by atoms with Gasteiger partial charge < -0.3 is 15.2 Å². The molecule has 0 amide bonds. The summed E-state index contributed by atoms with van der Waals surface area (Å²) >= 11 is 5.66. The van der Waals surface area contributed by atoms with Gasteiger partial charge in [0.15, 0.2) is 11.6 Å². The van der Waals surface area contributed by atoms with Crippen molar-refractivity contribution in [1.29, 1.82) is 0 Å². The highest BCUT2D eigenvalue weighted by Crippen LogP contribution is 2.29. The Labute approximate surface area is 105 Å². The standard InChI is InChI=1S/C12H15ClFNO2/c13-8-6-10(14)12(11(15)7-8)17-5-3-9-2-1-4-16-9/h6-7,9H,1-5,15H2. The molecular formula is C12H15ClFNO2. The summed E-state index contributed by atoms with van der Waals surface area (Å²) < 4.78 is 24.3. The van der Waals surface area contributed by atoms with Gasteiger partial charge in [-0.05, 0) is 25.0 Å². The molecule has 1 aromatic carbocycles. The van der Waals surface area contributed by atoms with Gasteiger partial charge in [0.05, 0.1) is 18.4 Å². The lowest BCUT2D eigenvalue weighted by atomic mass is 10.2. The molecular weight excluding hydrogens is 245 g/mol. The number of rotatable bonds is 4. The second-order valence-electron chi connectivity index (χ2n) is 4.08. The highest BCUT2D eigenvalue weighted by atomic mass is 35.5. The van der Waals surface area contributed by atoms with Crippen LogP contribution in [0.4, 0.5) is 10.1 Å². The third kappa shape index (κ3) is 3.23. The van der Waals surface area contributed by atoms with Gasteiger partial charge in [-0.2, -0.15) is 0 Å². The molecule has 1 heterocycles.